The van der Waals surface area contributed by atoms with Crippen LogP contribution < -0.4 is 5.32 Å². The number of aryl methyl sites for hydroxylation is 1. The highest BCUT2D eigenvalue weighted by Crippen LogP contribution is 2.28. The highest BCUT2D eigenvalue weighted by molar-refractivity contribution is 7.17. The molecular weight excluding hydrogens is 384 g/mol. The summed E-state index contributed by atoms with van der Waals surface area (Å²) in [4.78, 5) is 26.7. The van der Waals surface area contributed by atoms with Crippen molar-refractivity contribution >= 4 is 17.2 Å². The average molecular weight is 409 g/mol. The summed E-state index contributed by atoms with van der Waals surface area (Å²) in [5.41, 5.74) is 1.93. The molecule has 1 saturated carbocycles. The predicted molar refractivity (Wildman–Crippen MR) is 113 cm³/mol. The van der Waals surface area contributed by atoms with Crippen LogP contribution in [0.1, 0.15) is 47.1 Å². The van der Waals surface area contributed by atoms with Crippen LogP contribution in [0.5, 0.6) is 0 Å². The van der Waals surface area contributed by atoms with E-state index in [-0.39, 0.29) is 18.1 Å². The third kappa shape index (κ3) is 4.68. The minimum absolute atomic E-state index is 0.0226. The predicted octanol–water partition coefficient (Wildman–Crippen LogP) is 4.03. The Kier molecular flexibility index (Phi) is 6.27. The lowest BCUT2D eigenvalue weighted by molar-refractivity contribution is 0.0272. The Bertz CT molecular complexity index is 946. The van der Waals surface area contributed by atoms with Gasteiger partial charge in [-0.25, -0.2) is 15.0 Å². The summed E-state index contributed by atoms with van der Waals surface area (Å²) < 4.78 is 6.12. The third-order valence-electron chi connectivity index (χ3n) is 5.07. The molecular formula is C22H24N4O2S. The molecule has 1 fully saturated rings. The van der Waals surface area contributed by atoms with E-state index < -0.39 is 0 Å². The minimum atomic E-state index is -0.0817. The smallest absolute Gasteiger partial charge is 0.263 e. The fraction of sp³-hybridized carbons (Fsp3) is 0.364. The molecule has 29 heavy (non-hydrogen) atoms. The molecule has 1 amide bonds. The molecule has 2 heterocycles. The number of hydrogen-bond acceptors (Lipinski definition) is 6. The average Bonchev–Trinajstić information content (AvgIpc) is 3.40. The first-order chi connectivity index (χ1) is 14.2. The molecule has 6 nitrogen and oxygen atoms in total. The highest BCUT2D eigenvalue weighted by Gasteiger charge is 2.31. The van der Waals surface area contributed by atoms with Crippen LogP contribution in [0.4, 0.5) is 0 Å². The molecule has 0 radical (unpaired) electrons. The Hall–Kier alpha value is -2.64. The zero-order chi connectivity index (χ0) is 20.1. The van der Waals surface area contributed by atoms with E-state index in [9.17, 15) is 4.79 Å². The van der Waals surface area contributed by atoms with Crippen molar-refractivity contribution in [3.05, 3.63) is 64.9 Å². The molecule has 0 bridgehead atoms. The second-order valence-corrected chi connectivity index (χ2v) is 8.07. The van der Waals surface area contributed by atoms with Gasteiger partial charge in [0.05, 0.1) is 24.4 Å². The minimum Gasteiger partial charge on any atom is -0.371 e. The molecule has 2 aromatic heterocycles. The number of aromatic nitrogens is 3. The quantitative estimate of drug-likeness (QED) is 0.639. The number of benzene rings is 1. The maximum absolute atomic E-state index is 13.0. The van der Waals surface area contributed by atoms with Gasteiger partial charge in [0.2, 0.25) is 0 Å². The van der Waals surface area contributed by atoms with E-state index in [4.69, 9.17) is 4.74 Å². The van der Waals surface area contributed by atoms with E-state index in [0.29, 0.717) is 28.7 Å². The number of hydrogen-bond donors (Lipinski definition) is 1. The molecule has 1 aliphatic carbocycles. The van der Waals surface area contributed by atoms with Crippen molar-refractivity contribution in [3.8, 4) is 10.8 Å². The summed E-state index contributed by atoms with van der Waals surface area (Å²) in [6, 6.07) is 11.9. The van der Waals surface area contributed by atoms with E-state index in [2.05, 4.69) is 32.4 Å². The van der Waals surface area contributed by atoms with Crippen molar-refractivity contribution in [2.24, 2.45) is 0 Å². The summed E-state index contributed by atoms with van der Waals surface area (Å²) in [6.45, 7) is 2.57. The number of carbonyl (C=O) groups excluding carboxylic acids is 1. The van der Waals surface area contributed by atoms with Gasteiger partial charge in [0.25, 0.3) is 5.91 Å². The maximum atomic E-state index is 13.0. The fourth-order valence-corrected chi connectivity index (χ4v) is 4.58. The molecule has 1 aromatic carbocycles. The molecule has 4 rings (SSSR count). The summed E-state index contributed by atoms with van der Waals surface area (Å²) in [7, 11) is 0. The van der Waals surface area contributed by atoms with Crippen molar-refractivity contribution in [2.75, 3.05) is 0 Å². The van der Waals surface area contributed by atoms with Crippen LogP contribution in [0.3, 0.4) is 0 Å². The second-order valence-electron chi connectivity index (χ2n) is 7.07. The van der Waals surface area contributed by atoms with Gasteiger partial charge in [-0.2, -0.15) is 0 Å². The highest BCUT2D eigenvalue weighted by atomic mass is 32.1. The van der Waals surface area contributed by atoms with Crippen LogP contribution in [-0.2, 0) is 17.8 Å². The van der Waals surface area contributed by atoms with Crippen LogP contribution >= 0.6 is 11.3 Å². The van der Waals surface area contributed by atoms with Crippen molar-refractivity contribution in [2.45, 2.75) is 51.4 Å². The Morgan fingerprint density at radius 1 is 1.17 bits per heavy atom. The molecule has 0 unspecified atom stereocenters. The number of amides is 1. The monoisotopic (exact) mass is 408 g/mol. The number of nitrogens with one attached hydrogen (secondary N) is 1. The lowest BCUT2D eigenvalue weighted by atomic mass is 10.2. The van der Waals surface area contributed by atoms with Crippen molar-refractivity contribution in [3.63, 3.8) is 0 Å². The topological polar surface area (TPSA) is 77.0 Å². The molecule has 1 N–H and O–H groups in total. The first-order valence-electron chi connectivity index (χ1n) is 9.98. The Morgan fingerprint density at radius 2 is 1.97 bits per heavy atom. The van der Waals surface area contributed by atoms with E-state index in [1.807, 2.05) is 25.1 Å². The number of nitrogens with zero attached hydrogens (tertiary/aromatic N) is 3. The number of rotatable bonds is 7. The van der Waals surface area contributed by atoms with Crippen LogP contribution in [-0.4, -0.2) is 33.0 Å². The van der Waals surface area contributed by atoms with Gasteiger partial charge in [-0.3, -0.25) is 4.79 Å². The zero-order valence-electron chi connectivity index (χ0n) is 16.4. The number of carbonyl (C=O) groups is 1. The van der Waals surface area contributed by atoms with E-state index in [1.165, 1.54) is 11.3 Å². The van der Waals surface area contributed by atoms with Crippen LogP contribution in [0.15, 0.2) is 48.8 Å². The molecule has 0 aliphatic heterocycles. The summed E-state index contributed by atoms with van der Waals surface area (Å²) >= 11 is 1.35. The maximum Gasteiger partial charge on any atom is 0.263 e. The fourth-order valence-electron chi connectivity index (χ4n) is 3.58. The standard InChI is InChI=1S/C22H24N4O2S/c1-2-16-19(29-22(26-16)20-23-12-7-13-24-20)21(27)25-17-10-6-11-18(17)28-14-15-8-4-3-5-9-15/h3-5,7-9,12-13,17-18H,2,6,10-11,14H2,1H3,(H,25,27)/t17-,18-/m1/s1. The second kappa shape index (κ2) is 9.24. The van der Waals surface area contributed by atoms with Gasteiger partial charge < -0.3 is 10.1 Å². The van der Waals surface area contributed by atoms with Gasteiger partial charge in [0, 0.05) is 12.4 Å². The van der Waals surface area contributed by atoms with Gasteiger partial charge >= 0.3 is 0 Å². The van der Waals surface area contributed by atoms with E-state index >= 15 is 0 Å². The van der Waals surface area contributed by atoms with E-state index in [1.54, 1.807) is 18.5 Å². The van der Waals surface area contributed by atoms with Gasteiger partial charge in [0.15, 0.2) is 10.8 Å². The molecule has 2 atom stereocenters. The van der Waals surface area contributed by atoms with Gasteiger partial charge in [-0.05, 0) is 37.3 Å². The first-order valence-corrected chi connectivity index (χ1v) is 10.8. The molecule has 150 valence electrons. The molecule has 1 aliphatic rings. The van der Waals surface area contributed by atoms with Crippen LogP contribution in [0, 0.1) is 0 Å². The molecule has 0 saturated heterocycles. The van der Waals surface area contributed by atoms with Gasteiger partial charge in [-0.1, -0.05) is 37.3 Å². The van der Waals surface area contributed by atoms with Gasteiger partial charge in [-0.15, -0.1) is 11.3 Å². The SMILES string of the molecule is CCc1nc(-c2ncccn2)sc1C(=O)N[C@@H]1CCC[C@H]1OCc1ccccc1. The van der Waals surface area contributed by atoms with Crippen molar-refractivity contribution < 1.29 is 9.53 Å². The zero-order valence-corrected chi connectivity index (χ0v) is 17.2. The summed E-state index contributed by atoms with van der Waals surface area (Å²) in [5, 5.41) is 3.86. The lowest BCUT2D eigenvalue weighted by Crippen LogP contribution is -2.41. The number of ether oxygens (including phenoxy) is 1. The largest absolute Gasteiger partial charge is 0.371 e. The van der Waals surface area contributed by atoms with Crippen LogP contribution in [0.2, 0.25) is 0 Å². The Morgan fingerprint density at radius 3 is 2.72 bits per heavy atom. The van der Waals surface area contributed by atoms with Crippen molar-refractivity contribution in [1.82, 2.24) is 20.3 Å². The third-order valence-corrected chi connectivity index (χ3v) is 6.16. The molecule has 3 aromatic rings. The molecule has 7 heteroatoms. The van der Waals surface area contributed by atoms with E-state index in [0.717, 1.165) is 30.5 Å². The van der Waals surface area contributed by atoms with Gasteiger partial charge in [0.1, 0.15) is 4.88 Å². The lowest BCUT2D eigenvalue weighted by Gasteiger charge is -2.21. The number of thiazole rings is 1. The normalized spacial score (nSPS) is 18.7. The summed E-state index contributed by atoms with van der Waals surface area (Å²) in [6.07, 6.45) is 7.03. The van der Waals surface area contributed by atoms with Crippen LogP contribution in [0.25, 0.3) is 10.8 Å². The van der Waals surface area contributed by atoms with Crippen molar-refractivity contribution in [1.29, 1.82) is 0 Å². The Labute approximate surface area is 174 Å². The molecule has 0 spiro atoms. The first kappa shape index (κ1) is 19.7. The Balaban J connectivity index is 1.43. The summed E-state index contributed by atoms with van der Waals surface area (Å²) in [5.74, 6) is 0.470.